The molecule has 0 aliphatic heterocycles. The summed E-state index contributed by atoms with van der Waals surface area (Å²) in [5, 5.41) is 10.7. The lowest BCUT2D eigenvalue weighted by Gasteiger charge is -2.03. The molecule has 2 aromatic carbocycles. The maximum atomic E-state index is 9.60. The summed E-state index contributed by atoms with van der Waals surface area (Å²) >= 11 is 3.54. The highest BCUT2D eigenvalue weighted by Crippen LogP contribution is 2.33. The number of aryl methyl sites for hydroxylation is 3. The molecule has 0 spiro atoms. The number of rotatable bonds is 4. The SMILES string of the molecule is Cc1ccc(-c2nc(C)c(CSc3ccc(O)c(C)c3)s2)cc1. The van der Waals surface area contributed by atoms with Crippen molar-refractivity contribution in [2.75, 3.05) is 0 Å². The third-order valence-electron chi connectivity index (χ3n) is 3.73. The summed E-state index contributed by atoms with van der Waals surface area (Å²) in [5.41, 5.74) is 4.46. The van der Waals surface area contributed by atoms with E-state index in [0.717, 1.165) is 22.0 Å². The molecule has 0 saturated carbocycles. The van der Waals surface area contributed by atoms with E-state index in [9.17, 15) is 5.11 Å². The lowest BCUT2D eigenvalue weighted by atomic mass is 10.2. The Morgan fingerprint density at radius 3 is 2.48 bits per heavy atom. The number of thioether (sulfide) groups is 1. The van der Waals surface area contributed by atoms with Crippen LogP contribution in [-0.2, 0) is 5.75 Å². The van der Waals surface area contributed by atoms with E-state index >= 15 is 0 Å². The highest BCUT2D eigenvalue weighted by atomic mass is 32.2. The van der Waals surface area contributed by atoms with Crippen molar-refractivity contribution in [2.24, 2.45) is 0 Å². The van der Waals surface area contributed by atoms with Gasteiger partial charge < -0.3 is 5.11 Å². The quantitative estimate of drug-likeness (QED) is 0.615. The van der Waals surface area contributed by atoms with E-state index in [4.69, 9.17) is 4.98 Å². The molecule has 0 unspecified atom stereocenters. The monoisotopic (exact) mass is 341 g/mol. The summed E-state index contributed by atoms with van der Waals surface area (Å²) in [6, 6.07) is 14.3. The molecule has 0 fully saturated rings. The van der Waals surface area contributed by atoms with Gasteiger partial charge in [0, 0.05) is 21.1 Å². The molecule has 1 N–H and O–H groups in total. The molecule has 1 heterocycles. The summed E-state index contributed by atoms with van der Waals surface area (Å²) in [6.07, 6.45) is 0. The van der Waals surface area contributed by atoms with Crippen LogP contribution in [0.5, 0.6) is 5.75 Å². The molecule has 3 rings (SSSR count). The number of nitrogens with zero attached hydrogens (tertiary/aromatic N) is 1. The molecule has 4 heteroatoms. The normalized spacial score (nSPS) is 10.9. The fraction of sp³-hybridized carbons (Fsp3) is 0.211. The minimum atomic E-state index is 0.352. The van der Waals surface area contributed by atoms with E-state index in [1.165, 1.54) is 20.9 Å². The number of thiazole rings is 1. The molecule has 0 atom stereocenters. The molecule has 0 aliphatic carbocycles. The molecule has 118 valence electrons. The van der Waals surface area contributed by atoms with Gasteiger partial charge in [-0.3, -0.25) is 0 Å². The Morgan fingerprint density at radius 2 is 1.78 bits per heavy atom. The van der Waals surface area contributed by atoms with Gasteiger partial charge in [0.15, 0.2) is 0 Å². The van der Waals surface area contributed by atoms with Gasteiger partial charge in [-0.2, -0.15) is 0 Å². The molecular weight excluding hydrogens is 322 g/mol. The summed E-state index contributed by atoms with van der Waals surface area (Å²) in [6.45, 7) is 6.09. The van der Waals surface area contributed by atoms with Gasteiger partial charge in [-0.05, 0) is 44.5 Å². The summed E-state index contributed by atoms with van der Waals surface area (Å²) in [7, 11) is 0. The van der Waals surface area contributed by atoms with Gasteiger partial charge in [-0.1, -0.05) is 29.8 Å². The van der Waals surface area contributed by atoms with Crippen LogP contribution in [-0.4, -0.2) is 10.1 Å². The number of aromatic hydroxyl groups is 1. The fourth-order valence-corrected chi connectivity index (χ4v) is 4.45. The van der Waals surface area contributed by atoms with Gasteiger partial charge >= 0.3 is 0 Å². The van der Waals surface area contributed by atoms with E-state index in [2.05, 4.69) is 38.1 Å². The maximum Gasteiger partial charge on any atom is 0.123 e. The van der Waals surface area contributed by atoms with Gasteiger partial charge in [-0.15, -0.1) is 23.1 Å². The Balaban J connectivity index is 1.76. The van der Waals surface area contributed by atoms with Crippen molar-refractivity contribution >= 4 is 23.1 Å². The molecule has 0 amide bonds. The molecule has 1 aromatic heterocycles. The molecule has 2 nitrogen and oxygen atoms in total. The summed E-state index contributed by atoms with van der Waals surface area (Å²) in [5.74, 6) is 1.25. The predicted octanol–water partition coefficient (Wildman–Crippen LogP) is 5.73. The van der Waals surface area contributed by atoms with Gasteiger partial charge in [0.2, 0.25) is 0 Å². The van der Waals surface area contributed by atoms with Crippen molar-refractivity contribution in [3.8, 4) is 16.3 Å². The van der Waals surface area contributed by atoms with E-state index in [-0.39, 0.29) is 0 Å². The van der Waals surface area contributed by atoms with Crippen LogP contribution in [0.25, 0.3) is 10.6 Å². The first kappa shape index (κ1) is 16.1. The second-order valence-electron chi connectivity index (χ2n) is 5.63. The molecule has 0 saturated heterocycles. The Bertz CT molecular complexity index is 822. The zero-order valence-corrected chi connectivity index (χ0v) is 15.1. The van der Waals surface area contributed by atoms with Crippen LogP contribution in [0.2, 0.25) is 0 Å². The first-order chi connectivity index (χ1) is 11.0. The molecule has 23 heavy (non-hydrogen) atoms. The first-order valence-corrected chi connectivity index (χ1v) is 9.29. The maximum absolute atomic E-state index is 9.60. The van der Waals surface area contributed by atoms with Crippen molar-refractivity contribution in [1.29, 1.82) is 0 Å². The standard InChI is InChI=1S/C19H19NOS2/c1-12-4-6-15(7-5-12)19-20-14(3)18(23-19)11-22-16-8-9-17(21)13(2)10-16/h4-10,21H,11H2,1-3H3. The molecule has 0 aliphatic rings. The molecule has 3 aromatic rings. The highest BCUT2D eigenvalue weighted by molar-refractivity contribution is 7.98. The second kappa shape index (κ2) is 6.77. The van der Waals surface area contributed by atoms with E-state index in [1.54, 1.807) is 29.2 Å². The van der Waals surface area contributed by atoms with Crippen molar-refractivity contribution in [1.82, 2.24) is 4.98 Å². The molecular formula is C19H19NOS2. The fourth-order valence-electron chi connectivity index (χ4n) is 2.25. The van der Waals surface area contributed by atoms with Gasteiger partial charge in [0.05, 0.1) is 5.69 Å². The second-order valence-corrected chi connectivity index (χ2v) is 7.76. The zero-order valence-electron chi connectivity index (χ0n) is 13.5. The Labute approximate surface area is 145 Å². The average Bonchev–Trinajstić information content (AvgIpc) is 2.90. The minimum absolute atomic E-state index is 0.352. The molecule has 0 radical (unpaired) electrons. The number of hydrogen-bond acceptors (Lipinski definition) is 4. The number of benzene rings is 2. The number of aromatic nitrogens is 1. The van der Waals surface area contributed by atoms with Crippen molar-refractivity contribution < 1.29 is 5.11 Å². The third-order valence-corrected chi connectivity index (χ3v) is 6.14. The van der Waals surface area contributed by atoms with Gasteiger partial charge in [-0.25, -0.2) is 4.98 Å². The number of phenols is 1. The van der Waals surface area contributed by atoms with Crippen molar-refractivity contribution in [3.05, 3.63) is 64.2 Å². The van der Waals surface area contributed by atoms with Gasteiger partial charge in [0.25, 0.3) is 0 Å². The van der Waals surface area contributed by atoms with Crippen LogP contribution in [0, 0.1) is 20.8 Å². The van der Waals surface area contributed by atoms with E-state index in [0.29, 0.717) is 5.75 Å². The minimum Gasteiger partial charge on any atom is -0.508 e. The number of phenolic OH excluding ortho intramolecular Hbond substituents is 1. The van der Waals surface area contributed by atoms with Crippen LogP contribution >= 0.6 is 23.1 Å². The van der Waals surface area contributed by atoms with Crippen LogP contribution < -0.4 is 0 Å². The Morgan fingerprint density at radius 1 is 1.04 bits per heavy atom. The summed E-state index contributed by atoms with van der Waals surface area (Å²) < 4.78 is 0. The highest BCUT2D eigenvalue weighted by Gasteiger charge is 2.10. The lowest BCUT2D eigenvalue weighted by molar-refractivity contribution is 0.470. The summed E-state index contributed by atoms with van der Waals surface area (Å²) in [4.78, 5) is 7.19. The largest absolute Gasteiger partial charge is 0.508 e. The topological polar surface area (TPSA) is 33.1 Å². The van der Waals surface area contributed by atoms with Crippen molar-refractivity contribution in [2.45, 2.75) is 31.4 Å². The van der Waals surface area contributed by atoms with Crippen LogP contribution in [0.3, 0.4) is 0 Å². The lowest BCUT2D eigenvalue weighted by Crippen LogP contribution is -1.82. The first-order valence-electron chi connectivity index (χ1n) is 7.48. The number of hydrogen-bond donors (Lipinski definition) is 1. The van der Waals surface area contributed by atoms with Crippen molar-refractivity contribution in [3.63, 3.8) is 0 Å². The van der Waals surface area contributed by atoms with Crippen LogP contribution in [0.4, 0.5) is 0 Å². The predicted molar refractivity (Wildman–Crippen MR) is 99.4 cm³/mol. The van der Waals surface area contributed by atoms with Gasteiger partial charge in [0.1, 0.15) is 10.8 Å². The van der Waals surface area contributed by atoms with E-state index in [1.807, 2.05) is 19.1 Å². The third kappa shape index (κ3) is 3.77. The Kier molecular flexibility index (Phi) is 4.74. The van der Waals surface area contributed by atoms with Crippen LogP contribution in [0.1, 0.15) is 21.7 Å². The van der Waals surface area contributed by atoms with E-state index < -0.39 is 0 Å². The smallest absolute Gasteiger partial charge is 0.123 e. The Hall–Kier alpha value is -1.78. The zero-order chi connectivity index (χ0) is 16.4. The molecule has 0 bridgehead atoms. The average molecular weight is 342 g/mol. The van der Waals surface area contributed by atoms with Crippen LogP contribution in [0.15, 0.2) is 47.4 Å².